The van der Waals surface area contributed by atoms with Gasteiger partial charge in [0.15, 0.2) is 0 Å². The van der Waals surface area contributed by atoms with E-state index in [2.05, 4.69) is 5.32 Å². The Balaban J connectivity index is 2.53. The monoisotopic (exact) mass is 258 g/mol. The van der Waals surface area contributed by atoms with Crippen molar-refractivity contribution in [2.75, 3.05) is 30.4 Å². The van der Waals surface area contributed by atoms with Crippen LogP contribution in [0.3, 0.4) is 0 Å². The average molecular weight is 258 g/mol. The molecule has 1 N–H and O–H groups in total. The molecule has 2 rings (SSSR count). The first-order valence-corrected chi connectivity index (χ1v) is 5.86. The lowest BCUT2D eigenvalue weighted by Gasteiger charge is -2.29. The van der Waals surface area contributed by atoms with Crippen LogP contribution >= 0.6 is 0 Å². The van der Waals surface area contributed by atoms with Crippen molar-refractivity contribution in [3.05, 3.63) is 23.8 Å². The number of rotatable bonds is 0. The van der Waals surface area contributed by atoms with Crippen LogP contribution in [0.4, 0.5) is 24.5 Å². The minimum Gasteiger partial charge on any atom is -0.383 e. The Kier molecular flexibility index (Phi) is 2.95. The summed E-state index contributed by atoms with van der Waals surface area (Å²) in [5, 5.41) is 3.12. The Hall–Kier alpha value is -1.39. The predicted molar refractivity (Wildman–Crippen MR) is 67.0 cm³/mol. The number of fused-ring (bicyclic) bond motifs is 1. The first-order valence-electron chi connectivity index (χ1n) is 5.86. The summed E-state index contributed by atoms with van der Waals surface area (Å²) < 4.78 is 39.1. The zero-order chi connectivity index (χ0) is 13.6. The van der Waals surface area contributed by atoms with Gasteiger partial charge >= 0.3 is 6.18 Å². The summed E-state index contributed by atoms with van der Waals surface area (Å²) in [7, 11) is 1.71. The highest BCUT2D eigenvalue weighted by Crippen LogP contribution is 2.42. The molecule has 1 aliphatic rings. The lowest BCUT2D eigenvalue weighted by Crippen LogP contribution is -2.33. The van der Waals surface area contributed by atoms with E-state index in [9.17, 15) is 13.2 Å². The Morgan fingerprint density at radius 3 is 2.56 bits per heavy atom. The van der Waals surface area contributed by atoms with Gasteiger partial charge in [-0.2, -0.15) is 13.2 Å². The molecular weight excluding hydrogens is 241 g/mol. The van der Waals surface area contributed by atoms with Crippen LogP contribution in [-0.2, 0) is 6.18 Å². The number of anilines is 2. The molecule has 0 amide bonds. The number of hydrogen-bond donors (Lipinski definition) is 1. The van der Waals surface area contributed by atoms with Crippen LogP contribution in [0.1, 0.15) is 19.4 Å². The number of hydrogen-bond acceptors (Lipinski definition) is 2. The first-order chi connectivity index (χ1) is 8.21. The summed E-state index contributed by atoms with van der Waals surface area (Å²) in [5.74, 6) is 0. The van der Waals surface area contributed by atoms with Gasteiger partial charge in [0.1, 0.15) is 0 Å². The highest BCUT2D eigenvalue weighted by Gasteiger charge is 2.37. The summed E-state index contributed by atoms with van der Waals surface area (Å²) in [5.41, 5.74) is 0.151. The smallest absolute Gasteiger partial charge is 0.383 e. The van der Waals surface area contributed by atoms with Gasteiger partial charge in [-0.25, -0.2) is 0 Å². The van der Waals surface area contributed by atoms with Gasteiger partial charge in [-0.1, -0.05) is 19.9 Å². The molecule has 1 aliphatic heterocycles. The Morgan fingerprint density at radius 1 is 1.28 bits per heavy atom. The molecular formula is C13H17F3N2. The highest BCUT2D eigenvalue weighted by molar-refractivity contribution is 5.75. The molecule has 18 heavy (non-hydrogen) atoms. The third-order valence-corrected chi connectivity index (χ3v) is 3.15. The van der Waals surface area contributed by atoms with E-state index >= 15 is 0 Å². The largest absolute Gasteiger partial charge is 0.418 e. The molecule has 1 aromatic carbocycles. The van der Waals surface area contributed by atoms with Crippen molar-refractivity contribution in [3.8, 4) is 0 Å². The maximum absolute atomic E-state index is 13.0. The molecule has 0 spiro atoms. The number of nitrogens with zero attached hydrogens (tertiary/aromatic N) is 1. The molecule has 0 unspecified atom stereocenters. The average Bonchev–Trinajstić information content (AvgIpc) is 2.34. The van der Waals surface area contributed by atoms with Crippen molar-refractivity contribution >= 4 is 11.4 Å². The van der Waals surface area contributed by atoms with E-state index in [4.69, 9.17) is 0 Å². The fourth-order valence-electron chi connectivity index (χ4n) is 2.44. The van der Waals surface area contributed by atoms with Crippen molar-refractivity contribution in [2.24, 2.45) is 5.41 Å². The van der Waals surface area contributed by atoms with Crippen LogP contribution in [0.2, 0.25) is 0 Å². The second kappa shape index (κ2) is 4.07. The lowest BCUT2D eigenvalue weighted by molar-refractivity contribution is -0.137. The van der Waals surface area contributed by atoms with Crippen molar-refractivity contribution in [1.82, 2.24) is 0 Å². The molecule has 0 aliphatic carbocycles. The summed E-state index contributed by atoms with van der Waals surface area (Å²) in [6, 6.07) is 4.28. The minimum atomic E-state index is -4.32. The number of para-hydroxylation sites is 1. The molecule has 0 bridgehead atoms. The SMILES string of the molecule is CN1CC(C)(C)CNc2cccc(C(F)(F)F)c21. The molecule has 0 saturated carbocycles. The van der Waals surface area contributed by atoms with Crippen LogP contribution in [-0.4, -0.2) is 20.1 Å². The van der Waals surface area contributed by atoms with E-state index in [1.807, 2.05) is 13.8 Å². The van der Waals surface area contributed by atoms with E-state index < -0.39 is 11.7 Å². The summed E-state index contributed by atoms with van der Waals surface area (Å²) in [6.07, 6.45) is -4.32. The third-order valence-electron chi connectivity index (χ3n) is 3.15. The maximum atomic E-state index is 13.0. The van der Waals surface area contributed by atoms with E-state index in [-0.39, 0.29) is 11.1 Å². The minimum absolute atomic E-state index is 0.0728. The van der Waals surface area contributed by atoms with Crippen LogP contribution < -0.4 is 10.2 Å². The first kappa shape index (κ1) is 13.1. The van der Waals surface area contributed by atoms with Crippen LogP contribution in [0.5, 0.6) is 0 Å². The maximum Gasteiger partial charge on any atom is 0.418 e. The van der Waals surface area contributed by atoms with E-state index in [0.717, 1.165) is 6.07 Å². The van der Waals surface area contributed by atoms with Gasteiger partial charge in [0.2, 0.25) is 0 Å². The Bertz CT molecular complexity index is 452. The van der Waals surface area contributed by atoms with Gasteiger partial charge in [0, 0.05) is 20.1 Å². The van der Waals surface area contributed by atoms with Gasteiger partial charge in [0.05, 0.1) is 16.9 Å². The molecule has 0 atom stereocenters. The molecule has 0 radical (unpaired) electrons. The van der Waals surface area contributed by atoms with Crippen molar-refractivity contribution in [1.29, 1.82) is 0 Å². The molecule has 1 aromatic rings. The number of benzene rings is 1. The van der Waals surface area contributed by atoms with Crippen molar-refractivity contribution in [2.45, 2.75) is 20.0 Å². The standard InChI is InChI=1S/C13H17F3N2/c1-12(2)7-17-10-6-4-5-9(13(14,15)16)11(10)18(3)8-12/h4-6,17H,7-8H2,1-3H3. The fourth-order valence-corrected chi connectivity index (χ4v) is 2.44. The highest BCUT2D eigenvalue weighted by atomic mass is 19.4. The van der Waals surface area contributed by atoms with Gasteiger partial charge in [-0.15, -0.1) is 0 Å². The van der Waals surface area contributed by atoms with Gasteiger partial charge in [0.25, 0.3) is 0 Å². The van der Waals surface area contributed by atoms with Crippen LogP contribution in [0.25, 0.3) is 0 Å². The van der Waals surface area contributed by atoms with Crippen LogP contribution in [0, 0.1) is 5.41 Å². The molecule has 0 saturated heterocycles. The predicted octanol–water partition coefficient (Wildman–Crippen LogP) is 3.59. The zero-order valence-corrected chi connectivity index (χ0v) is 10.7. The van der Waals surface area contributed by atoms with Crippen LogP contribution in [0.15, 0.2) is 18.2 Å². The van der Waals surface area contributed by atoms with Crippen molar-refractivity contribution < 1.29 is 13.2 Å². The van der Waals surface area contributed by atoms with E-state index in [1.54, 1.807) is 18.0 Å². The summed E-state index contributed by atoms with van der Waals surface area (Å²) in [4.78, 5) is 1.69. The van der Waals surface area contributed by atoms with Gasteiger partial charge in [-0.3, -0.25) is 0 Å². The molecule has 100 valence electrons. The second-order valence-electron chi connectivity index (χ2n) is 5.57. The topological polar surface area (TPSA) is 15.3 Å². The number of nitrogens with one attached hydrogen (secondary N) is 1. The zero-order valence-electron chi connectivity index (χ0n) is 10.7. The quantitative estimate of drug-likeness (QED) is 0.765. The lowest BCUT2D eigenvalue weighted by atomic mass is 9.93. The Labute approximate surface area is 105 Å². The second-order valence-corrected chi connectivity index (χ2v) is 5.57. The summed E-state index contributed by atoms with van der Waals surface area (Å²) in [6.45, 7) is 5.32. The van der Waals surface area contributed by atoms with E-state index in [1.165, 1.54) is 6.07 Å². The van der Waals surface area contributed by atoms with E-state index in [0.29, 0.717) is 18.8 Å². The molecule has 0 fully saturated rings. The third kappa shape index (κ3) is 2.40. The van der Waals surface area contributed by atoms with Crippen molar-refractivity contribution in [3.63, 3.8) is 0 Å². The molecule has 0 aromatic heterocycles. The number of alkyl halides is 3. The van der Waals surface area contributed by atoms with Gasteiger partial charge < -0.3 is 10.2 Å². The molecule has 1 heterocycles. The Morgan fingerprint density at radius 2 is 1.94 bits per heavy atom. The summed E-state index contributed by atoms with van der Waals surface area (Å²) >= 11 is 0. The normalized spacial score (nSPS) is 18.9. The number of halogens is 3. The fraction of sp³-hybridized carbons (Fsp3) is 0.538. The molecule has 5 heteroatoms. The van der Waals surface area contributed by atoms with Gasteiger partial charge in [-0.05, 0) is 17.5 Å². The molecule has 2 nitrogen and oxygen atoms in total.